The molecular weight excluding hydrogens is 104 g/mol. The zero-order chi connectivity index (χ0) is 6.24. The van der Waals surface area contributed by atoms with Crippen LogP contribution in [0, 0.1) is 0 Å². The van der Waals surface area contributed by atoms with Crippen molar-refractivity contribution in [2.75, 3.05) is 20.3 Å². The molecule has 8 heavy (non-hydrogen) atoms. The highest BCUT2D eigenvalue weighted by Crippen LogP contribution is 2.14. The summed E-state index contributed by atoms with van der Waals surface area (Å²) in [6, 6.07) is 0. The van der Waals surface area contributed by atoms with Gasteiger partial charge in [-0.25, -0.2) is 0 Å². The van der Waals surface area contributed by atoms with Gasteiger partial charge in [0.15, 0.2) is 0 Å². The van der Waals surface area contributed by atoms with Gasteiger partial charge in [0.25, 0.3) is 0 Å². The van der Waals surface area contributed by atoms with Crippen LogP contribution < -0.4 is 0 Å². The summed E-state index contributed by atoms with van der Waals surface area (Å²) < 4.78 is 4.44. The van der Waals surface area contributed by atoms with E-state index in [0.29, 0.717) is 6.61 Å². The van der Waals surface area contributed by atoms with Crippen LogP contribution in [0.1, 0.15) is 19.3 Å². The second-order valence-corrected chi connectivity index (χ2v) is 1.78. The Morgan fingerprint density at radius 2 is 1.88 bits per heavy atom. The first kappa shape index (κ1) is 7.92. The fourth-order valence-corrected chi connectivity index (χ4v) is 0.0913. The molecule has 1 aliphatic rings. The molecule has 1 fully saturated rings. The van der Waals surface area contributed by atoms with E-state index in [2.05, 4.69) is 4.74 Å². The van der Waals surface area contributed by atoms with Crippen molar-refractivity contribution in [2.45, 2.75) is 19.3 Å². The van der Waals surface area contributed by atoms with Gasteiger partial charge in [0.2, 0.25) is 0 Å². The molecule has 0 spiro atoms. The number of aliphatic hydroxyl groups excluding tert-OH is 1. The Bertz CT molecular complexity index is 30.8. The third kappa shape index (κ3) is 16.8. The van der Waals surface area contributed by atoms with E-state index in [-0.39, 0.29) is 6.61 Å². The molecule has 0 bridgehead atoms. The summed E-state index contributed by atoms with van der Waals surface area (Å²) in [7, 11) is 1.55. The van der Waals surface area contributed by atoms with Crippen molar-refractivity contribution in [3.05, 3.63) is 0 Å². The highest BCUT2D eigenvalue weighted by Gasteiger charge is 1.95. The quantitative estimate of drug-likeness (QED) is 0.581. The summed E-state index contributed by atoms with van der Waals surface area (Å²) in [5, 5.41) is 7.94. The first-order valence-electron chi connectivity index (χ1n) is 3.01. The Balaban J connectivity index is 0.000000135. The van der Waals surface area contributed by atoms with Crippen molar-refractivity contribution in [3.8, 4) is 0 Å². The van der Waals surface area contributed by atoms with Crippen LogP contribution in [-0.2, 0) is 4.74 Å². The van der Waals surface area contributed by atoms with Crippen molar-refractivity contribution in [3.63, 3.8) is 0 Å². The molecule has 0 aromatic carbocycles. The second-order valence-electron chi connectivity index (χ2n) is 1.78. The monoisotopic (exact) mass is 118 g/mol. The van der Waals surface area contributed by atoms with E-state index in [1.165, 1.54) is 19.3 Å². The van der Waals surface area contributed by atoms with Crippen molar-refractivity contribution in [1.29, 1.82) is 0 Å². The van der Waals surface area contributed by atoms with Crippen molar-refractivity contribution in [1.82, 2.24) is 0 Å². The van der Waals surface area contributed by atoms with Crippen LogP contribution in [0.15, 0.2) is 0 Å². The molecule has 0 aromatic rings. The van der Waals surface area contributed by atoms with Crippen LogP contribution >= 0.6 is 0 Å². The highest BCUT2D eigenvalue weighted by molar-refractivity contribution is 4.50. The van der Waals surface area contributed by atoms with E-state index >= 15 is 0 Å². The van der Waals surface area contributed by atoms with E-state index < -0.39 is 0 Å². The van der Waals surface area contributed by atoms with Gasteiger partial charge >= 0.3 is 0 Å². The molecule has 0 saturated heterocycles. The SMILES string of the molecule is C1CC1.COCCO. The summed E-state index contributed by atoms with van der Waals surface area (Å²) in [5.74, 6) is 0. The van der Waals surface area contributed by atoms with Gasteiger partial charge in [0.1, 0.15) is 0 Å². The van der Waals surface area contributed by atoms with Gasteiger partial charge in [-0.15, -0.1) is 0 Å². The molecule has 1 rings (SSSR count). The lowest BCUT2D eigenvalue weighted by atomic mass is 10.8. The zero-order valence-corrected chi connectivity index (χ0v) is 5.39. The standard InChI is InChI=1S/C3H8O2.C3H6/c1-5-3-2-4;1-2-3-1/h4H,2-3H2,1H3;1-3H2. The molecule has 0 unspecified atom stereocenters. The highest BCUT2D eigenvalue weighted by atomic mass is 16.5. The predicted molar refractivity (Wildman–Crippen MR) is 32.8 cm³/mol. The van der Waals surface area contributed by atoms with Crippen LogP contribution in [0.5, 0.6) is 0 Å². The Hall–Kier alpha value is -0.0800. The van der Waals surface area contributed by atoms with Gasteiger partial charge in [0, 0.05) is 7.11 Å². The van der Waals surface area contributed by atoms with Gasteiger partial charge in [-0.05, 0) is 0 Å². The summed E-state index contributed by atoms with van der Waals surface area (Å²) in [6.45, 7) is 0.566. The maximum absolute atomic E-state index is 7.94. The maximum Gasteiger partial charge on any atom is 0.0693 e. The van der Waals surface area contributed by atoms with Crippen LogP contribution in [-0.4, -0.2) is 25.4 Å². The number of methoxy groups -OCH3 is 1. The molecular formula is C6H14O2. The lowest BCUT2D eigenvalue weighted by Crippen LogP contribution is -1.91. The average Bonchev–Trinajstić information content (AvgIpc) is 2.50. The molecule has 0 heterocycles. The fraction of sp³-hybridized carbons (Fsp3) is 1.00. The largest absolute Gasteiger partial charge is 0.394 e. The summed E-state index contributed by atoms with van der Waals surface area (Å²) in [5.41, 5.74) is 0. The lowest BCUT2D eigenvalue weighted by molar-refractivity contribution is 0.135. The topological polar surface area (TPSA) is 29.5 Å². The minimum atomic E-state index is 0.122. The number of hydrogen-bond acceptors (Lipinski definition) is 2. The van der Waals surface area contributed by atoms with E-state index in [9.17, 15) is 0 Å². The smallest absolute Gasteiger partial charge is 0.0693 e. The number of hydrogen-bond donors (Lipinski definition) is 1. The van der Waals surface area contributed by atoms with Crippen LogP contribution in [0.4, 0.5) is 0 Å². The summed E-state index contributed by atoms with van der Waals surface area (Å²) in [6.07, 6.45) is 4.50. The van der Waals surface area contributed by atoms with Crippen molar-refractivity contribution >= 4 is 0 Å². The molecule has 1 saturated carbocycles. The first-order valence-corrected chi connectivity index (χ1v) is 3.01. The maximum atomic E-state index is 7.94. The molecule has 0 aromatic heterocycles. The summed E-state index contributed by atoms with van der Waals surface area (Å²) in [4.78, 5) is 0. The summed E-state index contributed by atoms with van der Waals surface area (Å²) >= 11 is 0. The normalized spacial score (nSPS) is 14.2. The second kappa shape index (κ2) is 6.92. The Morgan fingerprint density at radius 3 is 1.88 bits per heavy atom. The predicted octanol–water partition coefficient (Wildman–Crippen LogP) is 0.795. The molecule has 1 N–H and O–H groups in total. The van der Waals surface area contributed by atoms with Crippen LogP contribution in [0.25, 0.3) is 0 Å². The third-order valence-corrected chi connectivity index (χ3v) is 0.649. The number of rotatable bonds is 2. The molecule has 2 heteroatoms. The number of ether oxygens (including phenoxy) is 1. The van der Waals surface area contributed by atoms with Crippen LogP contribution in [0.2, 0.25) is 0 Å². The fourth-order valence-electron chi connectivity index (χ4n) is 0.0913. The molecule has 0 atom stereocenters. The third-order valence-electron chi connectivity index (χ3n) is 0.649. The number of aliphatic hydroxyl groups is 1. The molecule has 0 amide bonds. The van der Waals surface area contributed by atoms with E-state index in [1.54, 1.807) is 7.11 Å². The van der Waals surface area contributed by atoms with Crippen molar-refractivity contribution in [2.24, 2.45) is 0 Å². The van der Waals surface area contributed by atoms with Gasteiger partial charge in [0.05, 0.1) is 13.2 Å². The zero-order valence-electron chi connectivity index (χ0n) is 5.39. The molecule has 0 radical (unpaired) electrons. The van der Waals surface area contributed by atoms with E-state index in [4.69, 9.17) is 5.11 Å². The van der Waals surface area contributed by atoms with E-state index in [0.717, 1.165) is 0 Å². The minimum Gasteiger partial charge on any atom is -0.394 e. The molecule has 1 aliphatic carbocycles. The van der Waals surface area contributed by atoms with Gasteiger partial charge in [-0.1, -0.05) is 19.3 Å². The molecule has 50 valence electrons. The molecule has 0 aliphatic heterocycles. The van der Waals surface area contributed by atoms with Crippen molar-refractivity contribution < 1.29 is 9.84 Å². The first-order chi connectivity index (χ1) is 3.91. The van der Waals surface area contributed by atoms with Gasteiger partial charge in [-0.3, -0.25) is 0 Å². The molecule has 2 nitrogen and oxygen atoms in total. The Morgan fingerprint density at radius 1 is 1.38 bits per heavy atom. The Labute approximate surface area is 50.5 Å². The van der Waals surface area contributed by atoms with Crippen LogP contribution in [0.3, 0.4) is 0 Å². The lowest BCUT2D eigenvalue weighted by Gasteiger charge is -1.84. The Kier molecular flexibility index (Phi) is 6.85. The average molecular weight is 118 g/mol. The minimum absolute atomic E-state index is 0.122. The van der Waals surface area contributed by atoms with E-state index in [1.807, 2.05) is 0 Å². The van der Waals surface area contributed by atoms with Gasteiger partial charge in [-0.2, -0.15) is 0 Å². The van der Waals surface area contributed by atoms with Gasteiger partial charge < -0.3 is 9.84 Å².